The van der Waals surface area contributed by atoms with Crippen molar-refractivity contribution in [3.63, 3.8) is 0 Å². The van der Waals surface area contributed by atoms with Gasteiger partial charge in [-0.05, 0) is 29.9 Å². The number of piperidine rings is 1. The third-order valence-corrected chi connectivity index (χ3v) is 5.66. The van der Waals surface area contributed by atoms with E-state index in [4.69, 9.17) is 5.11 Å². The molecule has 0 bridgehead atoms. The molecule has 1 aromatic carbocycles. The zero-order chi connectivity index (χ0) is 16.2. The van der Waals surface area contributed by atoms with E-state index in [1.165, 1.54) is 10.4 Å². The first-order valence-electron chi connectivity index (χ1n) is 7.31. The van der Waals surface area contributed by atoms with Crippen LogP contribution >= 0.6 is 0 Å². The summed E-state index contributed by atoms with van der Waals surface area (Å²) in [6.45, 7) is 4.49. The molecule has 1 saturated heterocycles. The molecule has 0 aromatic heterocycles. The number of benzene rings is 1. The van der Waals surface area contributed by atoms with Gasteiger partial charge in [-0.3, -0.25) is 4.79 Å². The van der Waals surface area contributed by atoms with Gasteiger partial charge in [-0.2, -0.15) is 0 Å². The predicted molar refractivity (Wildman–Crippen MR) is 85.3 cm³/mol. The minimum absolute atomic E-state index is 0.0148. The fourth-order valence-electron chi connectivity index (χ4n) is 2.85. The second-order valence-corrected chi connectivity index (χ2v) is 7.59. The van der Waals surface area contributed by atoms with Gasteiger partial charge in [0.15, 0.2) is 0 Å². The Morgan fingerprint density at radius 2 is 2.23 bits per heavy atom. The molecule has 6 heteroatoms. The molecule has 2 rings (SSSR count). The van der Waals surface area contributed by atoms with E-state index in [1.807, 2.05) is 18.2 Å². The summed E-state index contributed by atoms with van der Waals surface area (Å²) in [5.74, 6) is -0.795. The van der Waals surface area contributed by atoms with Crippen LogP contribution in [0.5, 0.6) is 0 Å². The monoisotopic (exact) mass is 323 g/mol. The quantitative estimate of drug-likeness (QED) is 0.813. The Morgan fingerprint density at radius 1 is 1.45 bits per heavy atom. The van der Waals surface area contributed by atoms with Crippen molar-refractivity contribution in [2.75, 3.05) is 18.8 Å². The van der Waals surface area contributed by atoms with Gasteiger partial charge in [0.25, 0.3) is 0 Å². The molecule has 1 N–H and O–H groups in total. The first-order valence-corrected chi connectivity index (χ1v) is 8.92. The largest absolute Gasteiger partial charge is 0.481 e. The number of nitrogens with zero attached hydrogens (tertiary/aromatic N) is 1. The normalized spacial score (nSPS) is 19.7. The van der Waals surface area contributed by atoms with Crippen molar-refractivity contribution < 1.29 is 18.3 Å². The van der Waals surface area contributed by atoms with Crippen LogP contribution in [0.1, 0.15) is 29.9 Å². The lowest BCUT2D eigenvalue weighted by atomic mass is 9.90. The van der Waals surface area contributed by atoms with E-state index in [0.29, 0.717) is 13.1 Å². The van der Waals surface area contributed by atoms with Crippen LogP contribution in [0.25, 0.3) is 0 Å². The molecule has 1 unspecified atom stereocenters. The average Bonchev–Trinajstić information content (AvgIpc) is 2.47. The second-order valence-electron chi connectivity index (χ2n) is 5.58. The van der Waals surface area contributed by atoms with Gasteiger partial charge in [0.2, 0.25) is 10.0 Å². The van der Waals surface area contributed by atoms with E-state index < -0.39 is 16.0 Å². The van der Waals surface area contributed by atoms with Crippen LogP contribution in [-0.2, 0) is 21.2 Å². The van der Waals surface area contributed by atoms with Gasteiger partial charge >= 0.3 is 5.97 Å². The lowest BCUT2D eigenvalue weighted by molar-refractivity contribution is -0.136. The van der Waals surface area contributed by atoms with Gasteiger partial charge in [-0.1, -0.05) is 30.3 Å². The van der Waals surface area contributed by atoms with Gasteiger partial charge < -0.3 is 5.11 Å². The number of carbonyl (C=O) groups is 1. The van der Waals surface area contributed by atoms with Gasteiger partial charge in [0, 0.05) is 13.1 Å². The third kappa shape index (κ3) is 4.18. The molecule has 0 radical (unpaired) electrons. The van der Waals surface area contributed by atoms with E-state index in [0.717, 1.165) is 24.0 Å². The van der Waals surface area contributed by atoms with E-state index in [1.54, 1.807) is 6.07 Å². The Labute approximate surface area is 131 Å². The molecule has 1 atom stereocenters. The molecule has 1 aliphatic heterocycles. The van der Waals surface area contributed by atoms with Crippen LogP contribution < -0.4 is 0 Å². The highest BCUT2D eigenvalue weighted by Gasteiger charge is 2.28. The number of hydrogen-bond donors (Lipinski definition) is 1. The number of aliphatic carboxylic acids is 1. The molecule has 1 heterocycles. The zero-order valence-corrected chi connectivity index (χ0v) is 13.3. The van der Waals surface area contributed by atoms with Crippen LogP contribution in [-0.4, -0.2) is 42.6 Å². The van der Waals surface area contributed by atoms with Crippen LogP contribution in [0.2, 0.25) is 0 Å². The smallest absolute Gasteiger partial charge is 0.307 e. The fraction of sp³-hybridized carbons (Fsp3) is 0.438. The van der Waals surface area contributed by atoms with Crippen molar-refractivity contribution in [2.24, 2.45) is 0 Å². The molecule has 0 saturated carbocycles. The van der Waals surface area contributed by atoms with Crippen molar-refractivity contribution in [1.29, 1.82) is 0 Å². The van der Waals surface area contributed by atoms with Gasteiger partial charge in [-0.15, -0.1) is 6.58 Å². The Kier molecular flexibility index (Phi) is 5.37. The maximum absolute atomic E-state index is 12.2. The van der Waals surface area contributed by atoms with Crippen LogP contribution in [0.15, 0.2) is 36.9 Å². The lowest BCUT2D eigenvalue weighted by Gasteiger charge is -2.32. The molecule has 5 nitrogen and oxygen atoms in total. The van der Waals surface area contributed by atoms with Crippen LogP contribution in [0.4, 0.5) is 0 Å². The summed E-state index contributed by atoms with van der Waals surface area (Å²) in [5.41, 5.74) is 1.76. The molecule has 1 aromatic rings. The minimum atomic E-state index is -3.28. The summed E-state index contributed by atoms with van der Waals surface area (Å²) in [6, 6.07) is 7.44. The number of rotatable bonds is 6. The molecule has 1 aliphatic rings. The SMILES string of the molecule is C=CCS(=O)(=O)N1CCCC(c2cccc(CC(=O)O)c2)C1. The summed E-state index contributed by atoms with van der Waals surface area (Å²) in [7, 11) is -3.28. The minimum Gasteiger partial charge on any atom is -0.481 e. The van der Waals surface area contributed by atoms with Crippen molar-refractivity contribution in [3.05, 3.63) is 48.0 Å². The first kappa shape index (κ1) is 16.7. The fourth-order valence-corrected chi connectivity index (χ4v) is 4.18. The average molecular weight is 323 g/mol. The van der Waals surface area contributed by atoms with Crippen molar-refractivity contribution in [3.8, 4) is 0 Å². The number of sulfonamides is 1. The van der Waals surface area contributed by atoms with Crippen LogP contribution in [0.3, 0.4) is 0 Å². The summed E-state index contributed by atoms with van der Waals surface area (Å²) >= 11 is 0. The van der Waals surface area contributed by atoms with Gasteiger partial charge in [0.1, 0.15) is 0 Å². The summed E-state index contributed by atoms with van der Waals surface area (Å²) in [4.78, 5) is 10.8. The van der Waals surface area contributed by atoms with E-state index in [9.17, 15) is 13.2 Å². The standard InChI is InChI=1S/C16H21NO4S/c1-2-9-22(20,21)17-8-4-7-15(12-17)14-6-3-5-13(10-14)11-16(18)19/h2-3,5-6,10,15H,1,4,7-9,11-12H2,(H,18,19). The number of hydrogen-bond acceptors (Lipinski definition) is 3. The highest BCUT2D eigenvalue weighted by Crippen LogP contribution is 2.29. The van der Waals surface area contributed by atoms with Crippen molar-refractivity contribution >= 4 is 16.0 Å². The predicted octanol–water partition coefficient (Wildman–Crippen LogP) is 2.01. The van der Waals surface area contributed by atoms with Crippen molar-refractivity contribution in [2.45, 2.75) is 25.2 Å². The Balaban J connectivity index is 2.15. The van der Waals surface area contributed by atoms with E-state index in [2.05, 4.69) is 6.58 Å². The number of carboxylic acid groups (broad SMARTS) is 1. The molecule has 0 spiro atoms. The maximum atomic E-state index is 12.2. The molecule has 0 amide bonds. The topological polar surface area (TPSA) is 74.7 Å². The number of carboxylic acids is 1. The maximum Gasteiger partial charge on any atom is 0.307 e. The van der Waals surface area contributed by atoms with Gasteiger partial charge in [-0.25, -0.2) is 12.7 Å². The third-order valence-electron chi connectivity index (χ3n) is 3.88. The molecule has 22 heavy (non-hydrogen) atoms. The molecule has 1 fully saturated rings. The Morgan fingerprint density at radius 3 is 2.91 bits per heavy atom. The Hall–Kier alpha value is -1.66. The van der Waals surface area contributed by atoms with Crippen molar-refractivity contribution in [1.82, 2.24) is 4.31 Å². The highest BCUT2D eigenvalue weighted by molar-refractivity contribution is 7.89. The Bertz CT molecular complexity index is 654. The summed E-state index contributed by atoms with van der Waals surface area (Å²) < 4.78 is 25.8. The zero-order valence-electron chi connectivity index (χ0n) is 12.4. The van der Waals surface area contributed by atoms with Crippen LogP contribution in [0, 0.1) is 0 Å². The second kappa shape index (κ2) is 7.07. The summed E-state index contributed by atoms with van der Waals surface area (Å²) in [6.07, 6.45) is 3.12. The molecular weight excluding hydrogens is 302 g/mol. The summed E-state index contributed by atoms with van der Waals surface area (Å²) in [5, 5.41) is 8.88. The lowest BCUT2D eigenvalue weighted by Crippen LogP contribution is -2.40. The van der Waals surface area contributed by atoms with E-state index >= 15 is 0 Å². The molecular formula is C16H21NO4S. The highest BCUT2D eigenvalue weighted by atomic mass is 32.2. The molecule has 0 aliphatic carbocycles. The van der Waals surface area contributed by atoms with Gasteiger partial charge in [0.05, 0.1) is 12.2 Å². The molecule has 120 valence electrons. The van der Waals surface area contributed by atoms with E-state index in [-0.39, 0.29) is 18.1 Å². The first-order chi connectivity index (χ1) is 10.4.